The Bertz CT molecular complexity index is 538. The van der Waals surface area contributed by atoms with Gasteiger partial charge in [-0.2, -0.15) is 0 Å². The maximum Gasteiger partial charge on any atom is 0.305 e. The van der Waals surface area contributed by atoms with Crippen LogP contribution in [-0.4, -0.2) is 37.9 Å². The molecule has 0 aliphatic rings. The van der Waals surface area contributed by atoms with Crippen LogP contribution < -0.4 is 0 Å². The summed E-state index contributed by atoms with van der Waals surface area (Å²) in [5.41, 5.74) is 0. The molecule has 0 amide bonds. The second-order valence-electron chi connectivity index (χ2n) is 12.5. The summed E-state index contributed by atoms with van der Waals surface area (Å²) in [7, 11) is 0. The molecule has 0 N–H and O–H groups in total. The molecule has 5 nitrogen and oxygen atoms in total. The van der Waals surface area contributed by atoms with Crippen LogP contribution in [-0.2, 0) is 23.8 Å². The molecule has 0 atom stereocenters. The van der Waals surface area contributed by atoms with Crippen molar-refractivity contribution in [3.8, 4) is 0 Å². The highest BCUT2D eigenvalue weighted by Gasteiger charge is 2.15. The summed E-state index contributed by atoms with van der Waals surface area (Å²) in [6.45, 7) is 7.45. The Morgan fingerprint density at radius 1 is 0.405 bits per heavy atom. The molecule has 0 aliphatic carbocycles. The Morgan fingerprint density at radius 2 is 0.690 bits per heavy atom. The third-order valence-electron chi connectivity index (χ3n) is 8.18. The van der Waals surface area contributed by atoms with E-state index in [1.807, 2.05) is 0 Å². The van der Waals surface area contributed by atoms with E-state index in [0.717, 1.165) is 51.4 Å². The van der Waals surface area contributed by atoms with Gasteiger partial charge < -0.3 is 14.2 Å². The van der Waals surface area contributed by atoms with E-state index in [-0.39, 0.29) is 31.3 Å². The normalized spacial score (nSPS) is 11.3. The maximum absolute atomic E-state index is 12.0. The number of carbonyl (C=O) groups excluding carboxylic acids is 2. The minimum absolute atomic E-state index is 0.159. The van der Waals surface area contributed by atoms with E-state index in [4.69, 9.17) is 14.2 Å². The number of unbranched alkanes of at least 4 members (excludes halogenated alkanes) is 23. The fraction of sp³-hybridized carbons (Fsp3) is 0.946. The zero-order valence-electron chi connectivity index (χ0n) is 28.5. The molecule has 0 radical (unpaired) electrons. The van der Waals surface area contributed by atoms with Gasteiger partial charge in [0.15, 0.2) is 0 Å². The van der Waals surface area contributed by atoms with Crippen molar-refractivity contribution in [2.45, 2.75) is 207 Å². The molecule has 250 valence electrons. The van der Waals surface area contributed by atoms with E-state index >= 15 is 0 Å². The van der Waals surface area contributed by atoms with Gasteiger partial charge in [0.25, 0.3) is 0 Å². The van der Waals surface area contributed by atoms with E-state index in [1.165, 1.54) is 116 Å². The van der Waals surface area contributed by atoms with Gasteiger partial charge in [0.2, 0.25) is 0 Å². The fourth-order valence-corrected chi connectivity index (χ4v) is 5.31. The van der Waals surface area contributed by atoms with Gasteiger partial charge in [-0.1, -0.05) is 168 Å². The third-order valence-corrected chi connectivity index (χ3v) is 8.18. The van der Waals surface area contributed by atoms with Gasteiger partial charge in [-0.3, -0.25) is 9.59 Å². The molecule has 0 aliphatic heterocycles. The van der Waals surface area contributed by atoms with Crippen LogP contribution in [0.4, 0.5) is 0 Å². The molecule has 0 aromatic heterocycles. The first-order valence-electron chi connectivity index (χ1n) is 18.6. The monoisotopic (exact) mass is 597 g/mol. The largest absolute Gasteiger partial charge is 0.463 e. The van der Waals surface area contributed by atoms with Crippen LogP contribution in [0.15, 0.2) is 0 Å². The van der Waals surface area contributed by atoms with Crippen molar-refractivity contribution in [1.29, 1.82) is 0 Å². The van der Waals surface area contributed by atoms with Gasteiger partial charge in [-0.05, 0) is 19.3 Å². The second-order valence-corrected chi connectivity index (χ2v) is 12.5. The summed E-state index contributed by atoms with van der Waals surface area (Å²) in [6, 6.07) is 0. The Balaban J connectivity index is 3.73. The number of rotatable bonds is 34. The van der Waals surface area contributed by atoms with E-state index in [9.17, 15) is 9.59 Å². The first-order chi connectivity index (χ1) is 20.6. The standard InChI is InChI=1S/C37H72O5/c1-4-7-10-11-12-13-14-15-16-17-18-19-20-21-22-23-24-25-26-29-32-40-35(33-41-36(38)30-27-8-5-2)34-42-37(39)31-28-9-6-3/h35H,4-34H2,1-3H3. The average molecular weight is 597 g/mol. The van der Waals surface area contributed by atoms with E-state index in [1.54, 1.807) is 0 Å². The van der Waals surface area contributed by atoms with E-state index in [2.05, 4.69) is 20.8 Å². The smallest absolute Gasteiger partial charge is 0.305 e. The summed E-state index contributed by atoms with van der Waals surface area (Å²) in [4.78, 5) is 24.0. The number of esters is 2. The van der Waals surface area contributed by atoms with Crippen molar-refractivity contribution in [1.82, 2.24) is 0 Å². The molecule has 0 saturated carbocycles. The number of carbonyl (C=O) groups is 2. The first kappa shape index (κ1) is 40.9. The van der Waals surface area contributed by atoms with Crippen LogP contribution >= 0.6 is 0 Å². The molecule has 0 saturated heterocycles. The third kappa shape index (κ3) is 31.8. The van der Waals surface area contributed by atoms with E-state index < -0.39 is 0 Å². The minimum Gasteiger partial charge on any atom is -0.463 e. The lowest BCUT2D eigenvalue weighted by Crippen LogP contribution is -2.29. The van der Waals surface area contributed by atoms with Crippen LogP contribution in [0.2, 0.25) is 0 Å². The van der Waals surface area contributed by atoms with E-state index in [0.29, 0.717) is 19.4 Å². The van der Waals surface area contributed by atoms with Gasteiger partial charge in [0, 0.05) is 19.4 Å². The van der Waals surface area contributed by atoms with Gasteiger partial charge in [0.05, 0.1) is 0 Å². The molecular weight excluding hydrogens is 524 g/mol. The predicted molar refractivity (Wildman–Crippen MR) is 178 cm³/mol. The molecule has 0 aromatic rings. The Labute approximate surface area is 262 Å². The van der Waals surface area contributed by atoms with Crippen molar-refractivity contribution in [2.24, 2.45) is 0 Å². The highest BCUT2D eigenvalue weighted by Crippen LogP contribution is 2.15. The van der Waals surface area contributed by atoms with Crippen molar-refractivity contribution in [3.05, 3.63) is 0 Å². The summed E-state index contributed by atoms with van der Waals surface area (Å²) >= 11 is 0. The first-order valence-corrected chi connectivity index (χ1v) is 18.6. The topological polar surface area (TPSA) is 61.8 Å². The summed E-state index contributed by atoms with van der Waals surface area (Å²) in [5.74, 6) is -0.379. The van der Waals surface area contributed by atoms with Crippen molar-refractivity contribution in [3.63, 3.8) is 0 Å². The molecule has 0 aromatic carbocycles. The van der Waals surface area contributed by atoms with Gasteiger partial charge in [-0.25, -0.2) is 0 Å². The summed E-state index contributed by atoms with van der Waals surface area (Å²) < 4.78 is 16.8. The lowest BCUT2D eigenvalue weighted by atomic mass is 10.0. The molecule has 0 heterocycles. The number of hydrogen-bond donors (Lipinski definition) is 0. The highest BCUT2D eigenvalue weighted by molar-refractivity contribution is 5.69. The molecule has 0 unspecified atom stereocenters. The average Bonchev–Trinajstić information content (AvgIpc) is 2.99. The molecule has 0 spiro atoms. The van der Waals surface area contributed by atoms with Gasteiger partial charge >= 0.3 is 11.9 Å². The molecule has 0 rings (SSSR count). The summed E-state index contributed by atoms with van der Waals surface area (Å²) in [6.07, 6.45) is 33.7. The van der Waals surface area contributed by atoms with Crippen molar-refractivity contribution < 1.29 is 23.8 Å². The van der Waals surface area contributed by atoms with Gasteiger partial charge in [0.1, 0.15) is 19.3 Å². The fourth-order valence-electron chi connectivity index (χ4n) is 5.31. The Kier molecular flexibility index (Phi) is 33.5. The lowest BCUT2D eigenvalue weighted by molar-refractivity contribution is -0.155. The quantitative estimate of drug-likeness (QED) is 0.0546. The van der Waals surface area contributed by atoms with Crippen LogP contribution in [0.25, 0.3) is 0 Å². The molecule has 5 heteroatoms. The molecule has 42 heavy (non-hydrogen) atoms. The zero-order valence-corrected chi connectivity index (χ0v) is 28.5. The minimum atomic E-state index is -0.379. The summed E-state index contributed by atoms with van der Waals surface area (Å²) in [5, 5.41) is 0. The van der Waals surface area contributed by atoms with Crippen molar-refractivity contribution in [2.75, 3.05) is 19.8 Å². The second kappa shape index (κ2) is 34.4. The molecule has 0 fully saturated rings. The highest BCUT2D eigenvalue weighted by atomic mass is 16.6. The van der Waals surface area contributed by atoms with Crippen LogP contribution in [0.3, 0.4) is 0 Å². The van der Waals surface area contributed by atoms with Crippen LogP contribution in [0.5, 0.6) is 0 Å². The lowest BCUT2D eigenvalue weighted by Gasteiger charge is -2.18. The number of ether oxygens (including phenoxy) is 3. The number of hydrogen-bond acceptors (Lipinski definition) is 5. The molecule has 0 bridgehead atoms. The van der Waals surface area contributed by atoms with Crippen LogP contribution in [0, 0.1) is 0 Å². The zero-order chi connectivity index (χ0) is 30.8. The SMILES string of the molecule is CCCCCCCCCCCCCCCCCCCCCCOC(COC(=O)CCCCC)COC(=O)CCCCC. The molecular formula is C37H72O5. The maximum atomic E-state index is 12.0. The van der Waals surface area contributed by atoms with Crippen LogP contribution in [0.1, 0.15) is 201 Å². The predicted octanol–water partition coefficient (Wildman–Crippen LogP) is 11.4. The van der Waals surface area contributed by atoms with Gasteiger partial charge in [-0.15, -0.1) is 0 Å². The van der Waals surface area contributed by atoms with Crippen molar-refractivity contribution >= 4 is 11.9 Å². The Morgan fingerprint density at radius 3 is 1.02 bits per heavy atom. The Hall–Kier alpha value is -1.10.